The predicted molar refractivity (Wildman–Crippen MR) is 119 cm³/mol. The molecule has 4 rings (SSSR count). The van der Waals surface area contributed by atoms with E-state index in [1.807, 2.05) is 12.1 Å². The number of amides is 1. The van der Waals surface area contributed by atoms with Gasteiger partial charge in [0, 0.05) is 51.4 Å². The second-order valence-corrected chi connectivity index (χ2v) is 8.02. The van der Waals surface area contributed by atoms with Crippen LogP contribution in [0.3, 0.4) is 0 Å². The van der Waals surface area contributed by atoms with Crippen molar-refractivity contribution >= 4 is 5.91 Å². The maximum absolute atomic E-state index is 12.3. The number of pyridine rings is 1. The van der Waals surface area contributed by atoms with E-state index < -0.39 is 0 Å². The highest BCUT2D eigenvalue weighted by atomic mass is 16.1. The van der Waals surface area contributed by atoms with Crippen LogP contribution in [0.1, 0.15) is 41.7 Å². The first-order valence-corrected chi connectivity index (χ1v) is 11.1. The third kappa shape index (κ3) is 5.76. The van der Waals surface area contributed by atoms with Gasteiger partial charge >= 0.3 is 0 Å². The number of fused-ring (bicyclic) bond motifs is 1. The molecule has 1 aliphatic rings. The third-order valence-corrected chi connectivity index (χ3v) is 5.84. The zero-order valence-corrected chi connectivity index (χ0v) is 18.1. The van der Waals surface area contributed by atoms with Crippen LogP contribution in [0.4, 0.5) is 0 Å². The molecule has 0 aliphatic carbocycles. The summed E-state index contributed by atoms with van der Waals surface area (Å²) in [6, 6.07) is 12.8. The lowest BCUT2D eigenvalue weighted by molar-refractivity contribution is -0.121. The van der Waals surface area contributed by atoms with Crippen LogP contribution in [0.15, 0.2) is 48.8 Å². The number of hydrogen-bond donors (Lipinski definition) is 1. The van der Waals surface area contributed by atoms with E-state index in [1.54, 1.807) is 12.4 Å². The lowest BCUT2D eigenvalue weighted by atomic mass is 10.1. The Morgan fingerprint density at radius 1 is 1.03 bits per heavy atom. The molecule has 1 aliphatic heterocycles. The molecule has 0 fully saturated rings. The highest BCUT2D eigenvalue weighted by Gasteiger charge is 2.19. The van der Waals surface area contributed by atoms with E-state index in [1.165, 1.54) is 11.1 Å². The van der Waals surface area contributed by atoms with Gasteiger partial charge in [-0.25, -0.2) is 0 Å². The molecule has 3 heterocycles. The van der Waals surface area contributed by atoms with Crippen LogP contribution in [-0.4, -0.2) is 43.6 Å². The van der Waals surface area contributed by atoms with Crippen molar-refractivity contribution in [3.63, 3.8) is 0 Å². The van der Waals surface area contributed by atoms with E-state index in [9.17, 15) is 4.79 Å². The van der Waals surface area contributed by atoms with Crippen molar-refractivity contribution in [2.75, 3.05) is 13.1 Å². The molecule has 1 amide bonds. The zero-order chi connectivity index (χ0) is 21.5. The fraction of sp³-hybridized carbons (Fsp3) is 0.417. The van der Waals surface area contributed by atoms with Gasteiger partial charge in [-0.2, -0.15) is 0 Å². The molecule has 0 bridgehead atoms. The molecule has 31 heavy (non-hydrogen) atoms. The Morgan fingerprint density at radius 3 is 2.65 bits per heavy atom. The molecule has 0 saturated heterocycles. The fourth-order valence-electron chi connectivity index (χ4n) is 3.92. The number of aromatic nitrogens is 4. The summed E-state index contributed by atoms with van der Waals surface area (Å²) in [6.45, 7) is 6.30. The number of rotatable bonds is 8. The number of nitrogens with one attached hydrogen (secondary N) is 1. The molecule has 1 aromatic carbocycles. The summed E-state index contributed by atoms with van der Waals surface area (Å²) in [5.41, 5.74) is 3.78. The van der Waals surface area contributed by atoms with Crippen LogP contribution < -0.4 is 5.32 Å². The highest BCUT2D eigenvalue weighted by Crippen LogP contribution is 2.13. The molecular weight excluding hydrogens is 388 g/mol. The first kappa shape index (κ1) is 21.2. The molecule has 0 atom stereocenters. The van der Waals surface area contributed by atoms with Crippen LogP contribution in [0, 0.1) is 0 Å². The Hall–Kier alpha value is -3.06. The summed E-state index contributed by atoms with van der Waals surface area (Å²) in [5, 5.41) is 11.7. The largest absolute Gasteiger partial charge is 0.349 e. The van der Waals surface area contributed by atoms with Crippen LogP contribution in [-0.2, 0) is 43.7 Å². The van der Waals surface area contributed by atoms with Gasteiger partial charge in [-0.3, -0.25) is 14.7 Å². The van der Waals surface area contributed by atoms with Crippen LogP contribution in [0.5, 0.6) is 0 Å². The Labute approximate surface area is 183 Å². The summed E-state index contributed by atoms with van der Waals surface area (Å²) < 4.78 is 2.17. The highest BCUT2D eigenvalue weighted by molar-refractivity contribution is 5.76. The number of nitrogens with zero attached hydrogens (tertiary/aromatic N) is 5. The molecule has 0 radical (unpaired) electrons. The second kappa shape index (κ2) is 10.3. The van der Waals surface area contributed by atoms with Gasteiger partial charge in [-0.05, 0) is 35.6 Å². The van der Waals surface area contributed by atoms with Gasteiger partial charge in [-0.15, -0.1) is 10.2 Å². The normalized spacial score (nSPS) is 14.1. The lowest BCUT2D eigenvalue weighted by Crippen LogP contribution is -2.28. The number of hydrogen-bond acceptors (Lipinski definition) is 5. The molecule has 3 aromatic rings. The Kier molecular flexibility index (Phi) is 7.04. The minimum absolute atomic E-state index is 0.0203. The fourth-order valence-corrected chi connectivity index (χ4v) is 3.92. The van der Waals surface area contributed by atoms with E-state index >= 15 is 0 Å². The lowest BCUT2D eigenvalue weighted by Gasteiger charge is -2.19. The van der Waals surface area contributed by atoms with Crippen LogP contribution in [0.2, 0.25) is 0 Å². The number of benzene rings is 1. The quantitative estimate of drug-likeness (QED) is 0.608. The van der Waals surface area contributed by atoms with Gasteiger partial charge in [0.2, 0.25) is 5.91 Å². The van der Waals surface area contributed by atoms with Crippen LogP contribution >= 0.6 is 0 Å². The predicted octanol–water partition coefficient (Wildman–Crippen LogP) is 2.54. The first-order chi connectivity index (χ1) is 15.2. The first-order valence-electron chi connectivity index (χ1n) is 11.1. The van der Waals surface area contributed by atoms with Crippen molar-refractivity contribution in [2.24, 2.45) is 0 Å². The van der Waals surface area contributed by atoms with E-state index in [-0.39, 0.29) is 5.91 Å². The summed E-state index contributed by atoms with van der Waals surface area (Å²) in [4.78, 5) is 18.8. The van der Waals surface area contributed by atoms with E-state index in [4.69, 9.17) is 0 Å². The van der Waals surface area contributed by atoms with Crippen molar-refractivity contribution in [1.82, 2.24) is 30.0 Å². The maximum Gasteiger partial charge on any atom is 0.220 e. The molecule has 162 valence electrons. The van der Waals surface area contributed by atoms with E-state index in [0.29, 0.717) is 19.4 Å². The minimum Gasteiger partial charge on any atom is -0.349 e. The van der Waals surface area contributed by atoms with Crippen molar-refractivity contribution in [3.8, 4) is 0 Å². The van der Waals surface area contributed by atoms with Gasteiger partial charge in [0.25, 0.3) is 0 Å². The van der Waals surface area contributed by atoms with Gasteiger partial charge in [0.1, 0.15) is 5.82 Å². The van der Waals surface area contributed by atoms with Crippen molar-refractivity contribution < 1.29 is 4.79 Å². The average Bonchev–Trinajstić information content (AvgIpc) is 3.09. The van der Waals surface area contributed by atoms with E-state index in [0.717, 1.165) is 56.2 Å². The van der Waals surface area contributed by atoms with E-state index in [2.05, 4.69) is 61.2 Å². The molecular formula is C24H30N6O. The van der Waals surface area contributed by atoms with Gasteiger partial charge < -0.3 is 9.88 Å². The number of aryl methyl sites for hydroxylation is 2. The summed E-state index contributed by atoms with van der Waals surface area (Å²) in [6.07, 6.45) is 6.61. The van der Waals surface area contributed by atoms with Gasteiger partial charge in [-0.1, -0.05) is 37.3 Å². The summed E-state index contributed by atoms with van der Waals surface area (Å²) in [7, 11) is 0. The van der Waals surface area contributed by atoms with Crippen molar-refractivity contribution in [2.45, 2.75) is 52.2 Å². The minimum atomic E-state index is 0.0203. The van der Waals surface area contributed by atoms with Gasteiger partial charge in [0.05, 0.1) is 6.54 Å². The Bertz CT molecular complexity index is 983. The smallest absolute Gasteiger partial charge is 0.220 e. The molecule has 7 heteroatoms. The topological polar surface area (TPSA) is 75.9 Å². The molecule has 7 nitrogen and oxygen atoms in total. The van der Waals surface area contributed by atoms with Crippen LogP contribution in [0.25, 0.3) is 0 Å². The van der Waals surface area contributed by atoms with Gasteiger partial charge in [0.15, 0.2) is 5.82 Å². The summed E-state index contributed by atoms with van der Waals surface area (Å²) >= 11 is 0. The molecule has 2 aromatic heterocycles. The molecule has 0 unspecified atom stereocenters. The maximum atomic E-state index is 12.3. The second-order valence-electron chi connectivity index (χ2n) is 8.02. The molecule has 0 spiro atoms. The average molecular weight is 419 g/mol. The SMILES string of the molecule is CCc1ccc(CN2CCc3nnc(CNC(=O)CCc4cccnc4)n3CC2)cc1. The molecule has 1 N–H and O–H groups in total. The standard InChI is InChI=1S/C24H30N6O/c1-2-19-5-7-21(8-6-19)18-29-13-11-22-27-28-23(30(22)15-14-29)17-26-24(31)10-9-20-4-3-12-25-16-20/h3-8,12,16H,2,9-11,13-15,17-18H2,1H3,(H,26,31). The van der Waals surface area contributed by atoms with Crippen molar-refractivity contribution in [3.05, 3.63) is 77.1 Å². The van der Waals surface area contributed by atoms with Crippen molar-refractivity contribution in [1.29, 1.82) is 0 Å². The Balaban J connectivity index is 1.27. The Morgan fingerprint density at radius 2 is 1.87 bits per heavy atom. The number of carbonyl (C=O) groups is 1. The zero-order valence-electron chi connectivity index (χ0n) is 18.1. The number of carbonyl (C=O) groups excluding carboxylic acids is 1. The molecule has 0 saturated carbocycles. The third-order valence-electron chi connectivity index (χ3n) is 5.84. The monoisotopic (exact) mass is 418 g/mol. The summed E-state index contributed by atoms with van der Waals surface area (Å²) in [5.74, 6) is 1.86.